The van der Waals surface area contributed by atoms with Crippen molar-refractivity contribution in [1.29, 1.82) is 0 Å². The summed E-state index contributed by atoms with van der Waals surface area (Å²) in [5.41, 5.74) is 6.44. The second-order valence-corrected chi connectivity index (χ2v) is 6.46. The molecular weight excluding hydrogens is 212 g/mol. The molecule has 0 aromatic heterocycles. The van der Waals surface area contributed by atoms with Gasteiger partial charge in [-0.15, -0.1) is 0 Å². The molecule has 102 valence electrons. The predicted molar refractivity (Wildman–Crippen MR) is 73.1 cm³/mol. The molecule has 3 atom stereocenters. The van der Waals surface area contributed by atoms with Gasteiger partial charge in [0.15, 0.2) is 0 Å². The molecule has 0 bridgehead atoms. The van der Waals surface area contributed by atoms with Crippen LogP contribution < -0.4 is 5.73 Å². The molecule has 0 radical (unpaired) electrons. The van der Waals surface area contributed by atoms with Gasteiger partial charge in [0.1, 0.15) is 0 Å². The van der Waals surface area contributed by atoms with Gasteiger partial charge >= 0.3 is 0 Å². The number of morpholine rings is 1. The maximum absolute atomic E-state index is 6.23. The zero-order valence-electron chi connectivity index (χ0n) is 12.2. The summed E-state index contributed by atoms with van der Waals surface area (Å²) in [5, 5.41) is 0. The topological polar surface area (TPSA) is 38.5 Å². The van der Waals surface area contributed by atoms with Crippen molar-refractivity contribution in [3.05, 3.63) is 0 Å². The molecule has 1 aliphatic heterocycles. The lowest BCUT2D eigenvalue weighted by molar-refractivity contribution is -0.0571. The van der Waals surface area contributed by atoms with Gasteiger partial charge in [-0.3, -0.25) is 4.90 Å². The lowest BCUT2D eigenvalue weighted by Gasteiger charge is -2.39. The van der Waals surface area contributed by atoms with E-state index in [1.165, 1.54) is 0 Å². The molecule has 1 saturated heterocycles. The van der Waals surface area contributed by atoms with Crippen molar-refractivity contribution >= 4 is 0 Å². The van der Waals surface area contributed by atoms with Crippen LogP contribution in [0.2, 0.25) is 0 Å². The Hall–Kier alpha value is -0.120. The van der Waals surface area contributed by atoms with Crippen LogP contribution in [0.3, 0.4) is 0 Å². The molecular formula is C14H30N2O. The fourth-order valence-corrected chi connectivity index (χ4v) is 2.30. The quantitative estimate of drug-likeness (QED) is 0.822. The van der Waals surface area contributed by atoms with Gasteiger partial charge in [-0.2, -0.15) is 0 Å². The minimum atomic E-state index is 0.208. The first-order chi connectivity index (χ1) is 7.84. The minimum Gasteiger partial charge on any atom is -0.376 e. The molecule has 0 aromatic carbocycles. The summed E-state index contributed by atoms with van der Waals surface area (Å²) in [6.45, 7) is 14.1. The molecule has 1 fully saturated rings. The van der Waals surface area contributed by atoms with Crippen molar-refractivity contribution in [2.45, 2.75) is 65.6 Å². The molecule has 0 amide bonds. The maximum atomic E-state index is 6.23. The van der Waals surface area contributed by atoms with Crippen molar-refractivity contribution < 1.29 is 4.74 Å². The van der Waals surface area contributed by atoms with Crippen LogP contribution in [0, 0.1) is 5.41 Å². The highest BCUT2D eigenvalue weighted by Crippen LogP contribution is 2.21. The summed E-state index contributed by atoms with van der Waals surface area (Å²) in [5.74, 6) is 0. The Labute approximate surface area is 107 Å². The van der Waals surface area contributed by atoms with Crippen LogP contribution in [-0.4, -0.2) is 42.8 Å². The fraction of sp³-hybridized carbons (Fsp3) is 1.00. The van der Waals surface area contributed by atoms with Crippen LogP contribution in [0.1, 0.15) is 47.5 Å². The molecule has 3 unspecified atom stereocenters. The second kappa shape index (κ2) is 6.17. The summed E-state index contributed by atoms with van der Waals surface area (Å²) in [4.78, 5) is 2.56. The summed E-state index contributed by atoms with van der Waals surface area (Å²) in [6.07, 6.45) is 2.60. The van der Waals surface area contributed by atoms with Gasteiger partial charge < -0.3 is 10.5 Å². The van der Waals surface area contributed by atoms with E-state index in [1.807, 2.05) is 0 Å². The van der Waals surface area contributed by atoms with E-state index >= 15 is 0 Å². The Kier molecular flexibility index (Phi) is 5.42. The molecule has 1 heterocycles. The number of nitrogens with two attached hydrogens (primary N) is 1. The van der Waals surface area contributed by atoms with Crippen molar-refractivity contribution in [3.8, 4) is 0 Å². The minimum absolute atomic E-state index is 0.208. The second-order valence-electron chi connectivity index (χ2n) is 6.46. The third kappa shape index (κ3) is 4.57. The van der Waals surface area contributed by atoms with Crippen LogP contribution in [0.25, 0.3) is 0 Å². The summed E-state index contributed by atoms with van der Waals surface area (Å²) >= 11 is 0. The first-order valence-corrected chi connectivity index (χ1v) is 6.95. The van der Waals surface area contributed by atoms with Crippen LogP contribution in [-0.2, 0) is 4.74 Å². The lowest BCUT2D eigenvalue weighted by Crippen LogP contribution is -2.50. The SMILES string of the molecule is CCC1COC(C)CN1CCC(N)C(C)(C)C. The maximum Gasteiger partial charge on any atom is 0.0674 e. The highest BCUT2D eigenvalue weighted by atomic mass is 16.5. The largest absolute Gasteiger partial charge is 0.376 e. The summed E-state index contributed by atoms with van der Waals surface area (Å²) < 4.78 is 5.71. The molecule has 0 aromatic rings. The van der Waals surface area contributed by atoms with Gasteiger partial charge in [0.05, 0.1) is 12.7 Å². The van der Waals surface area contributed by atoms with E-state index in [0.29, 0.717) is 12.1 Å². The van der Waals surface area contributed by atoms with E-state index in [4.69, 9.17) is 10.5 Å². The van der Waals surface area contributed by atoms with Crippen molar-refractivity contribution in [3.63, 3.8) is 0 Å². The van der Waals surface area contributed by atoms with Gasteiger partial charge in [-0.25, -0.2) is 0 Å². The van der Waals surface area contributed by atoms with Crippen LogP contribution >= 0.6 is 0 Å². The van der Waals surface area contributed by atoms with Gasteiger partial charge in [-0.05, 0) is 25.2 Å². The molecule has 3 nitrogen and oxygen atoms in total. The Morgan fingerprint density at radius 2 is 2.06 bits per heavy atom. The van der Waals surface area contributed by atoms with E-state index in [1.54, 1.807) is 0 Å². The normalized spacial score (nSPS) is 29.3. The van der Waals surface area contributed by atoms with Crippen LogP contribution in [0.4, 0.5) is 0 Å². The molecule has 0 spiro atoms. The number of nitrogens with zero attached hydrogens (tertiary/aromatic N) is 1. The Morgan fingerprint density at radius 3 is 2.59 bits per heavy atom. The zero-order valence-corrected chi connectivity index (χ0v) is 12.2. The van der Waals surface area contributed by atoms with Gasteiger partial charge in [0.2, 0.25) is 0 Å². The van der Waals surface area contributed by atoms with E-state index in [9.17, 15) is 0 Å². The van der Waals surface area contributed by atoms with Crippen molar-refractivity contribution in [2.24, 2.45) is 11.1 Å². The number of hydrogen-bond donors (Lipinski definition) is 1. The van der Waals surface area contributed by atoms with E-state index in [2.05, 4.69) is 39.5 Å². The number of rotatable bonds is 4. The molecule has 0 aliphatic carbocycles. The summed E-state index contributed by atoms with van der Waals surface area (Å²) in [6, 6.07) is 0.858. The molecule has 17 heavy (non-hydrogen) atoms. The Bertz CT molecular complexity index is 225. The van der Waals surface area contributed by atoms with Crippen LogP contribution in [0.15, 0.2) is 0 Å². The highest BCUT2D eigenvalue weighted by molar-refractivity contribution is 4.82. The number of ether oxygens (including phenoxy) is 1. The summed E-state index contributed by atoms with van der Waals surface area (Å²) in [7, 11) is 0. The predicted octanol–water partition coefficient (Wildman–Crippen LogP) is 2.25. The van der Waals surface area contributed by atoms with E-state index in [0.717, 1.165) is 32.5 Å². The third-order valence-electron chi connectivity index (χ3n) is 3.89. The smallest absolute Gasteiger partial charge is 0.0674 e. The van der Waals surface area contributed by atoms with E-state index < -0.39 is 0 Å². The molecule has 3 heteroatoms. The van der Waals surface area contributed by atoms with Crippen molar-refractivity contribution in [1.82, 2.24) is 4.90 Å². The average molecular weight is 242 g/mol. The van der Waals surface area contributed by atoms with Gasteiger partial charge in [-0.1, -0.05) is 27.7 Å². The first-order valence-electron chi connectivity index (χ1n) is 6.95. The third-order valence-corrected chi connectivity index (χ3v) is 3.89. The Morgan fingerprint density at radius 1 is 1.41 bits per heavy atom. The first kappa shape index (κ1) is 14.9. The molecule has 0 saturated carbocycles. The highest BCUT2D eigenvalue weighted by Gasteiger charge is 2.27. The Balaban J connectivity index is 2.43. The average Bonchev–Trinajstić information content (AvgIpc) is 2.24. The molecule has 1 rings (SSSR count). The van der Waals surface area contributed by atoms with Crippen molar-refractivity contribution in [2.75, 3.05) is 19.7 Å². The number of hydrogen-bond acceptors (Lipinski definition) is 3. The molecule has 1 aliphatic rings. The van der Waals surface area contributed by atoms with E-state index in [-0.39, 0.29) is 11.5 Å². The lowest BCUT2D eigenvalue weighted by atomic mass is 9.85. The monoisotopic (exact) mass is 242 g/mol. The van der Waals surface area contributed by atoms with Gasteiger partial charge in [0, 0.05) is 25.2 Å². The molecule has 2 N–H and O–H groups in total. The van der Waals surface area contributed by atoms with Crippen LogP contribution in [0.5, 0.6) is 0 Å². The van der Waals surface area contributed by atoms with Gasteiger partial charge in [0.25, 0.3) is 0 Å². The zero-order chi connectivity index (χ0) is 13.1. The standard InChI is InChI=1S/C14H30N2O/c1-6-12-10-17-11(2)9-16(12)8-7-13(15)14(3,4)5/h11-13H,6-10,15H2,1-5H3. The fourth-order valence-electron chi connectivity index (χ4n) is 2.30.